The quantitative estimate of drug-likeness (QED) is 0.229. The van der Waals surface area contributed by atoms with Gasteiger partial charge in [0.15, 0.2) is 0 Å². The molecule has 0 saturated heterocycles. The van der Waals surface area contributed by atoms with Crippen molar-refractivity contribution in [2.24, 2.45) is 0 Å². The Bertz CT molecular complexity index is 202. The fourth-order valence-corrected chi connectivity index (χ4v) is 0. The van der Waals surface area contributed by atoms with E-state index >= 15 is 0 Å². The molecular weight excluding hydrogens is 330 g/mol. The van der Waals surface area contributed by atoms with Gasteiger partial charge in [0, 0.05) is 0 Å². The molecule has 16 heavy (non-hydrogen) atoms. The number of hydrogen-bond donors (Lipinski definition) is 6. The summed E-state index contributed by atoms with van der Waals surface area (Å²) in [6.07, 6.45) is 0. The van der Waals surface area contributed by atoms with Gasteiger partial charge in [-0.05, 0) is 0 Å². The monoisotopic (exact) mass is 336 g/mol. The normalized spacial score (nSPS) is 11.1. The number of hydrogen-bond acceptors (Lipinski definition) is 6. The van der Waals surface area contributed by atoms with Crippen LogP contribution in [0.4, 0.5) is 0 Å². The standard InChI is InChI=1S/3H3O4P.Sc/c3*1-5(2,3)4;/h3*(H3,1,2,3,4);/q;;;+3/p-3. The second-order valence-corrected chi connectivity index (χ2v) is 4.42. The minimum Gasteiger partial charge on any atom is -0.756 e. The SMILES string of the molecule is O=P([O-])(O)O.O=P([O-])(O)O.O=P([O-])(O)O.[Sc+3]. The number of phosphoric acid groups is 3. The van der Waals surface area contributed by atoms with Gasteiger partial charge in [-0.3, -0.25) is 13.7 Å². The molecule has 0 radical (unpaired) electrons. The van der Waals surface area contributed by atoms with E-state index in [-0.39, 0.29) is 25.8 Å². The molecule has 16 heteroatoms. The van der Waals surface area contributed by atoms with Gasteiger partial charge in [0.1, 0.15) is 0 Å². The smallest absolute Gasteiger partial charge is 0.756 e. The molecule has 0 aromatic heterocycles. The van der Waals surface area contributed by atoms with E-state index in [4.69, 9.17) is 57.7 Å². The summed E-state index contributed by atoms with van der Waals surface area (Å²) in [4.78, 5) is 68.8. The molecule has 0 aliphatic carbocycles. The minimum atomic E-state index is -4.89. The van der Waals surface area contributed by atoms with Crippen molar-refractivity contribution in [3.63, 3.8) is 0 Å². The molecule has 0 spiro atoms. The van der Waals surface area contributed by atoms with Gasteiger partial charge in [-0.1, -0.05) is 0 Å². The molecule has 96 valence electrons. The minimum absolute atomic E-state index is 0. The largest absolute Gasteiger partial charge is 3.00 e. The molecule has 0 aliphatic rings. The maximum absolute atomic E-state index is 8.77. The van der Waals surface area contributed by atoms with Gasteiger partial charge >= 0.3 is 25.8 Å². The topological polar surface area (TPSA) is 242 Å². The van der Waals surface area contributed by atoms with Crippen molar-refractivity contribution in [3.8, 4) is 0 Å². The van der Waals surface area contributed by atoms with Crippen molar-refractivity contribution in [2.45, 2.75) is 0 Å². The Morgan fingerprint density at radius 3 is 0.562 bits per heavy atom. The molecular formula is H6O12P3Sc. The first kappa shape index (κ1) is 25.9. The summed E-state index contributed by atoms with van der Waals surface area (Å²) in [7, 11) is -14.7. The molecule has 0 aromatic rings. The summed E-state index contributed by atoms with van der Waals surface area (Å²) >= 11 is 0. The van der Waals surface area contributed by atoms with Crippen LogP contribution in [0.25, 0.3) is 0 Å². The third-order valence-electron chi connectivity index (χ3n) is 0. The van der Waals surface area contributed by atoms with Crippen LogP contribution in [-0.4, -0.2) is 29.4 Å². The van der Waals surface area contributed by atoms with Gasteiger partial charge in [-0.2, -0.15) is 0 Å². The third kappa shape index (κ3) is 2130. The molecule has 12 nitrogen and oxygen atoms in total. The Morgan fingerprint density at radius 2 is 0.562 bits per heavy atom. The van der Waals surface area contributed by atoms with Gasteiger partial charge in [-0.15, -0.1) is 0 Å². The zero-order valence-corrected chi connectivity index (χ0v) is 11.5. The van der Waals surface area contributed by atoms with Crippen molar-refractivity contribution in [3.05, 3.63) is 0 Å². The van der Waals surface area contributed by atoms with Crippen LogP contribution in [0.15, 0.2) is 0 Å². The fraction of sp³-hybridized carbons (Fsp3) is 0. The van der Waals surface area contributed by atoms with E-state index in [1.807, 2.05) is 0 Å². The van der Waals surface area contributed by atoms with E-state index in [1.54, 1.807) is 0 Å². The number of rotatable bonds is 0. The predicted molar refractivity (Wildman–Crippen MR) is 36.1 cm³/mol. The summed E-state index contributed by atoms with van der Waals surface area (Å²) in [6.45, 7) is 0. The van der Waals surface area contributed by atoms with E-state index in [0.717, 1.165) is 0 Å². The van der Waals surface area contributed by atoms with Crippen LogP contribution in [-0.2, 0) is 39.5 Å². The Hall–Kier alpha value is 1.20. The van der Waals surface area contributed by atoms with E-state index in [9.17, 15) is 0 Å². The molecule has 0 aromatic carbocycles. The summed E-state index contributed by atoms with van der Waals surface area (Å²) < 4.78 is 26.3. The van der Waals surface area contributed by atoms with E-state index in [2.05, 4.69) is 0 Å². The molecule has 0 heterocycles. The average Bonchev–Trinajstić information content (AvgIpc) is 1.41. The molecule has 6 N–H and O–H groups in total. The fourth-order valence-electron chi connectivity index (χ4n) is 0. The van der Waals surface area contributed by atoms with Gasteiger partial charge in [0.05, 0.1) is 0 Å². The molecule has 0 unspecified atom stereocenters. The van der Waals surface area contributed by atoms with Crippen LogP contribution in [0, 0.1) is 0 Å². The summed E-state index contributed by atoms with van der Waals surface area (Å²) in [6, 6.07) is 0. The summed E-state index contributed by atoms with van der Waals surface area (Å²) in [5, 5.41) is 0. The maximum Gasteiger partial charge on any atom is 3.00 e. The molecule has 0 saturated carbocycles. The van der Waals surface area contributed by atoms with Crippen molar-refractivity contribution < 1.29 is 83.6 Å². The van der Waals surface area contributed by atoms with Crippen LogP contribution in [0.3, 0.4) is 0 Å². The van der Waals surface area contributed by atoms with Gasteiger partial charge in [-0.25, -0.2) is 0 Å². The molecule has 0 atom stereocenters. The first-order chi connectivity index (χ1) is 6.00. The summed E-state index contributed by atoms with van der Waals surface area (Å²) in [5.74, 6) is 0. The van der Waals surface area contributed by atoms with Crippen LogP contribution < -0.4 is 14.7 Å². The molecule has 0 bridgehead atoms. The van der Waals surface area contributed by atoms with Gasteiger partial charge in [0.2, 0.25) is 0 Å². The van der Waals surface area contributed by atoms with Gasteiger partial charge in [0.25, 0.3) is 23.5 Å². The van der Waals surface area contributed by atoms with Crippen LogP contribution >= 0.6 is 23.5 Å². The maximum atomic E-state index is 8.77. The second-order valence-electron chi connectivity index (χ2n) is 1.47. The van der Waals surface area contributed by atoms with Crippen LogP contribution in [0.5, 0.6) is 0 Å². The average molecular weight is 336 g/mol. The third-order valence-corrected chi connectivity index (χ3v) is 0. The first-order valence-electron chi connectivity index (χ1n) is 2.30. The molecule has 0 fully saturated rings. The Labute approximate surface area is 107 Å². The van der Waals surface area contributed by atoms with E-state index in [1.165, 1.54) is 0 Å². The van der Waals surface area contributed by atoms with Crippen molar-refractivity contribution >= 4 is 23.5 Å². The molecule has 0 aliphatic heterocycles. The van der Waals surface area contributed by atoms with Gasteiger partial charge < -0.3 is 44.0 Å². The molecule has 0 amide bonds. The van der Waals surface area contributed by atoms with Crippen molar-refractivity contribution in [1.29, 1.82) is 0 Å². The first-order valence-corrected chi connectivity index (χ1v) is 6.89. The second kappa shape index (κ2) is 10.2. The predicted octanol–water partition coefficient (Wildman–Crippen LogP) is -4.68. The zero-order chi connectivity index (χ0) is 13.5. The van der Waals surface area contributed by atoms with E-state index < -0.39 is 23.5 Å². The van der Waals surface area contributed by atoms with E-state index in [0.29, 0.717) is 0 Å². The van der Waals surface area contributed by atoms with Crippen molar-refractivity contribution in [2.75, 3.05) is 0 Å². The molecule has 0 rings (SSSR count). The van der Waals surface area contributed by atoms with Crippen LogP contribution in [0.2, 0.25) is 0 Å². The Balaban J connectivity index is -0.0000000655. The van der Waals surface area contributed by atoms with Crippen LogP contribution in [0.1, 0.15) is 0 Å². The summed E-state index contributed by atoms with van der Waals surface area (Å²) in [5.41, 5.74) is 0. The van der Waals surface area contributed by atoms with Crippen molar-refractivity contribution in [1.82, 2.24) is 0 Å². The Kier molecular flexibility index (Phi) is 16.4. The Morgan fingerprint density at radius 1 is 0.562 bits per heavy atom. The zero-order valence-electron chi connectivity index (χ0n) is 7.05.